The van der Waals surface area contributed by atoms with Gasteiger partial charge in [-0.05, 0) is 24.6 Å². The van der Waals surface area contributed by atoms with Crippen LogP contribution in [0.2, 0.25) is 5.15 Å². The van der Waals surface area contributed by atoms with Crippen molar-refractivity contribution in [1.82, 2.24) is 9.88 Å². The number of pyridine rings is 1. The number of morpholine rings is 1. The third-order valence-corrected chi connectivity index (χ3v) is 4.16. The Balaban J connectivity index is 1.83. The van der Waals surface area contributed by atoms with Crippen LogP contribution in [0.5, 0.6) is 0 Å². The number of aromatic nitrogens is 1. The molecule has 114 valence electrons. The molecule has 1 aliphatic rings. The number of benzene rings is 1. The van der Waals surface area contributed by atoms with E-state index in [4.69, 9.17) is 16.3 Å². The van der Waals surface area contributed by atoms with E-state index in [0.717, 1.165) is 5.56 Å². The minimum absolute atomic E-state index is 0.00346. The van der Waals surface area contributed by atoms with Crippen LogP contribution in [-0.4, -0.2) is 35.0 Å². The number of hydrogen-bond acceptors (Lipinski definition) is 3. The van der Waals surface area contributed by atoms with Gasteiger partial charge in [0.25, 0.3) is 5.91 Å². The molecular formula is C17H17ClN2O2. The van der Waals surface area contributed by atoms with E-state index in [1.807, 2.05) is 42.2 Å². The van der Waals surface area contributed by atoms with Gasteiger partial charge in [0.15, 0.2) is 0 Å². The van der Waals surface area contributed by atoms with Gasteiger partial charge < -0.3 is 9.64 Å². The molecule has 4 nitrogen and oxygen atoms in total. The zero-order valence-electron chi connectivity index (χ0n) is 12.3. The van der Waals surface area contributed by atoms with Crippen LogP contribution in [0.1, 0.15) is 28.9 Å². The predicted octanol–water partition coefficient (Wildman–Crippen LogP) is 3.34. The van der Waals surface area contributed by atoms with Crippen LogP contribution in [0.25, 0.3) is 0 Å². The summed E-state index contributed by atoms with van der Waals surface area (Å²) in [5.41, 5.74) is 1.51. The lowest BCUT2D eigenvalue weighted by Gasteiger charge is -2.38. The maximum absolute atomic E-state index is 12.8. The maximum Gasteiger partial charge on any atom is 0.257 e. The van der Waals surface area contributed by atoms with Crippen molar-refractivity contribution in [1.29, 1.82) is 0 Å². The number of carbonyl (C=O) groups is 1. The van der Waals surface area contributed by atoms with Crippen molar-refractivity contribution in [2.24, 2.45) is 0 Å². The van der Waals surface area contributed by atoms with Crippen LogP contribution in [-0.2, 0) is 4.74 Å². The quantitative estimate of drug-likeness (QED) is 0.798. The first kappa shape index (κ1) is 15.0. The molecule has 1 saturated heterocycles. The topological polar surface area (TPSA) is 42.4 Å². The first-order chi connectivity index (χ1) is 10.7. The van der Waals surface area contributed by atoms with Crippen molar-refractivity contribution < 1.29 is 9.53 Å². The number of ether oxygens (including phenoxy) is 1. The summed E-state index contributed by atoms with van der Waals surface area (Å²) in [6.07, 6.45) is 1.46. The Morgan fingerprint density at radius 2 is 2.05 bits per heavy atom. The highest BCUT2D eigenvalue weighted by atomic mass is 35.5. The van der Waals surface area contributed by atoms with Crippen molar-refractivity contribution >= 4 is 17.5 Å². The van der Waals surface area contributed by atoms with Crippen LogP contribution < -0.4 is 0 Å². The fourth-order valence-electron chi connectivity index (χ4n) is 2.61. The SMILES string of the molecule is C[C@@H]1CO[C@@H](c2ccccc2)CN1C(=O)c1cccnc1Cl. The van der Waals surface area contributed by atoms with Gasteiger partial charge in [0.2, 0.25) is 0 Å². The highest BCUT2D eigenvalue weighted by Crippen LogP contribution is 2.27. The molecule has 0 N–H and O–H groups in total. The first-order valence-electron chi connectivity index (χ1n) is 7.25. The number of nitrogens with zero attached hydrogens (tertiary/aromatic N) is 2. The summed E-state index contributed by atoms with van der Waals surface area (Å²) in [4.78, 5) is 18.5. The Labute approximate surface area is 134 Å². The van der Waals surface area contributed by atoms with E-state index >= 15 is 0 Å². The minimum atomic E-state index is -0.114. The van der Waals surface area contributed by atoms with Gasteiger partial charge in [0, 0.05) is 6.20 Å². The van der Waals surface area contributed by atoms with Gasteiger partial charge in [-0.15, -0.1) is 0 Å². The molecule has 1 fully saturated rings. The molecule has 2 heterocycles. The molecule has 0 unspecified atom stereocenters. The molecule has 0 spiro atoms. The summed E-state index contributed by atoms with van der Waals surface area (Å²) in [7, 11) is 0. The van der Waals surface area contributed by atoms with Gasteiger partial charge in [-0.2, -0.15) is 0 Å². The average Bonchev–Trinajstić information content (AvgIpc) is 2.56. The fraction of sp³-hybridized carbons (Fsp3) is 0.294. The lowest BCUT2D eigenvalue weighted by molar-refractivity contribution is -0.0486. The van der Waals surface area contributed by atoms with Crippen LogP contribution >= 0.6 is 11.6 Å². The smallest absolute Gasteiger partial charge is 0.257 e. The lowest BCUT2D eigenvalue weighted by Crippen LogP contribution is -2.48. The third-order valence-electron chi connectivity index (χ3n) is 3.85. The largest absolute Gasteiger partial charge is 0.370 e. The molecule has 0 aliphatic carbocycles. The second-order valence-corrected chi connectivity index (χ2v) is 5.74. The van der Waals surface area contributed by atoms with Gasteiger partial charge in [0.1, 0.15) is 11.3 Å². The normalized spacial score (nSPS) is 21.6. The molecule has 0 bridgehead atoms. The number of carbonyl (C=O) groups excluding carboxylic acids is 1. The molecule has 0 radical (unpaired) electrons. The summed E-state index contributed by atoms with van der Waals surface area (Å²) in [5.74, 6) is -0.102. The molecule has 0 saturated carbocycles. The molecule has 3 rings (SSSR count). The minimum Gasteiger partial charge on any atom is -0.370 e. The van der Waals surface area contributed by atoms with Crippen molar-refractivity contribution in [3.05, 3.63) is 64.9 Å². The lowest BCUT2D eigenvalue weighted by atomic mass is 10.1. The van der Waals surface area contributed by atoms with Gasteiger partial charge >= 0.3 is 0 Å². The predicted molar refractivity (Wildman–Crippen MR) is 84.9 cm³/mol. The Morgan fingerprint density at radius 1 is 1.27 bits per heavy atom. The van der Waals surface area contributed by atoms with Crippen LogP contribution in [0, 0.1) is 0 Å². The van der Waals surface area contributed by atoms with E-state index in [-0.39, 0.29) is 23.2 Å². The number of hydrogen-bond donors (Lipinski definition) is 0. The molecule has 22 heavy (non-hydrogen) atoms. The zero-order chi connectivity index (χ0) is 15.5. The van der Waals surface area contributed by atoms with Crippen LogP contribution in [0.4, 0.5) is 0 Å². The second-order valence-electron chi connectivity index (χ2n) is 5.38. The standard InChI is InChI=1S/C17H17ClN2O2/c1-12-11-22-15(13-6-3-2-4-7-13)10-20(12)17(21)14-8-5-9-19-16(14)18/h2-9,12,15H,10-11H2,1H3/t12-,15-/m1/s1. The number of rotatable bonds is 2. The Morgan fingerprint density at radius 3 is 2.77 bits per heavy atom. The monoisotopic (exact) mass is 316 g/mol. The molecule has 2 aromatic rings. The third kappa shape index (κ3) is 2.98. The van der Waals surface area contributed by atoms with E-state index in [0.29, 0.717) is 18.7 Å². The van der Waals surface area contributed by atoms with Crippen LogP contribution in [0.15, 0.2) is 48.7 Å². The van der Waals surface area contributed by atoms with E-state index in [9.17, 15) is 4.79 Å². The highest BCUT2D eigenvalue weighted by Gasteiger charge is 2.31. The molecule has 1 aliphatic heterocycles. The Bertz CT molecular complexity index is 663. The van der Waals surface area contributed by atoms with E-state index in [1.54, 1.807) is 18.3 Å². The second kappa shape index (κ2) is 6.46. The van der Waals surface area contributed by atoms with Crippen molar-refractivity contribution in [2.75, 3.05) is 13.2 Å². The average molecular weight is 317 g/mol. The summed E-state index contributed by atoms with van der Waals surface area (Å²) >= 11 is 6.05. The van der Waals surface area contributed by atoms with E-state index in [1.165, 1.54) is 0 Å². The zero-order valence-corrected chi connectivity index (χ0v) is 13.0. The summed E-state index contributed by atoms with van der Waals surface area (Å²) < 4.78 is 5.88. The van der Waals surface area contributed by atoms with Crippen molar-refractivity contribution in [3.63, 3.8) is 0 Å². The summed E-state index contributed by atoms with van der Waals surface area (Å²) in [5, 5.41) is 0.238. The maximum atomic E-state index is 12.8. The van der Waals surface area contributed by atoms with E-state index < -0.39 is 0 Å². The molecule has 1 amide bonds. The number of halogens is 1. The van der Waals surface area contributed by atoms with Gasteiger partial charge in [-0.1, -0.05) is 41.9 Å². The van der Waals surface area contributed by atoms with Crippen LogP contribution in [0.3, 0.4) is 0 Å². The summed E-state index contributed by atoms with van der Waals surface area (Å²) in [6.45, 7) is 2.99. The molecule has 2 atom stereocenters. The summed E-state index contributed by atoms with van der Waals surface area (Å²) in [6, 6.07) is 13.4. The Kier molecular flexibility index (Phi) is 4.41. The van der Waals surface area contributed by atoms with E-state index in [2.05, 4.69) is 4.98 Å². The molecule has 1 aromatic carbocycles. The van der Waals surface area contributed by atoms with Crippen molar-refractivity contribution in [3.8, 4) is 0 Å². The molecular weight excluding hydrogens is 300 g/mol. The fourth-order valence-corrected chi connectivity index (χ4v) is 2.81. The van der Waals surface area contributed by atoms with Crippen molar-refractivity contribution in [2.45, 2.75) is 19.1 Å². The van der Waals surface area contributed by atoms with Gasteiger partial charge in [-0.3, -0.25) is 4.79 Å². The highest BCUT2D eigenvalue weighted by molar-refractivity contribution is 6.32. The molecule has 5 heteroatoms. The Hall–Kier alpha value is -1.91. The number of amides is 1. The molecule has 1 aromatic heterocycles. The van der Waals surface area contributed by atoms with Gasteiger partial charge in [0.05, 0.1) is 24.8 Å². The van der Waals surface area contributed by atoms with Gasteiger partial charge in [-0.25, -0.2) is 4.98 Å². The first-order valence-corrected chi connectivity index (χ1v) is 7.62.